The minimum absolute atomic E-state index is 0.107. The number of nitrogens with one attached hydrogen (secondary N) is 1. The van der Waals surface area contributed by atoms with Crippen LogP contribution in [0.15, 0.2) is 65.7 Å². The van der Waals surface area contributed by atoms with Crippen LogP contribution in [0.2, 0.25) is 0 Å². The molecule has 0 aromatic heterocycles. The molecule has 0 aliphatic carbocycles. The van der Waals surface area contributed by atoms with Gasteiger partial charge in [-0.3, -0.25) is 9.79 Å². The summed E-state index contributed by atoms with van der Waals surface area (Å²) in [4.78, 5) is 16.9. The summed E-state index contributed by atoms with van der Waals surface area (Å²) in [5.74, 6) is 0.870. The van der Waals surface area contributed by atoms with Crippen molar-refractivity contribution >= 4 is 23.5 Å². The van der Waals surface area contributed by atoms with E-state index in [1.54, 1.807) is 12.3 Å². The van der Waals surface area contributed by atoms with Crippen LogP contribution in [0.25, 0.3) is 0 Å². The molecule has 0 heterocycles. The van der Waals surface area contributed by atoms with Crippen molar-refractivity contribution in [3.05, 3.63) is 82.9 Å². The summed E-state index contributed by atoms with van der Waals surface area (Å²) in [5.41, 5.74) is 5.94. The lowest BCUT2D eigenvalue weighted by Crippen LogP contribution is -2.20. The van der Waals surface area contributed by atoms with Crippen molar-refractivity contribution in [2.45, 2.75) is 27.7 Å². The van der Waals surface area contributed by atoms with Crippen molar-refractivity contribution in [3.63, 3.8) is 0 Å². The summed E-state index contributed by atoms with van der Waals surface area (Å²) in [7, 11) is 0. The number of carbonyl (C=O) groups excluding carboxylic acids is 1. The largest absolute Gasteiger partial charge is 0.490 e. The fraction of sp³-hybridized carbons (Fsp3) is 0.231. The van der Waals surface area contributed by atoms with E-state index in [-0.39, 0.29) is 12.5 Å². The smallest absolute Gasteiger partial charge is 0.262 e. The fourth-order valence-corrected chi connectivity index (χ4v) is 3.06. The summed E-state index contributed by atoms with van der Waals surface area (Å²) in [5, 5.41) is 2.84. The molecule has 0 fully saturated rings. The molecular weight excluding hydrogens is 388 g/mol. The Hall–Kier alpha value is -3.60. The van der Waals surface area contributed by atoms with Gasteiger partial charge in [0.05, 0.1) is 12.3 Å². The van der Waals surface area contributed by atoms with Gasteiger partial charge >= 0.3 is 0 Å². The molecule has 5 nitrogen and oxygen atoms in total. The number of rotatable bonds is 8. The number of carbonyl (C=O) groups is 1. The van der Waals surface area contributed by atoms with Gasteiger partial charge in [0, 0.05) is 11.9 Å². The molecule has 0 atom stereocenters. The van der Waals surface area contributed by atoms with Crippen LogP contribution >= 0.6 is 0 Å². The number of aliphatic imine (C=N–C) groups is 1. The quantitative estimate of drug-likeness (QED) is 0.474. The molecule has 5 heteroatoms. The van der Waals surface area contributed by atoms with E-state index in [2.05, 4.69) is 28.5 Å². The van der Waals surface area contributed by atoms with Crippen molar-refractivity contribution in [1.82, 2.24) is 0 Å². The highest BCUT2D eigenvalue weighted by molar-refractivity contribution is 5.92. The molecule has 1 amide bonds. The molecule has 0 aliphatic heterocycles. The van der Waals surface area contributed by atoms with Crippen LogP contribution in [0.1, 0.15) is 29.2 Å². The highest BCUT2D eigenvalue weighted by Gasteiger charge is 2.09. The fourth-order valence-electron chi connectivity index (χ4n) is 3.06. The van der Waals surface area contributed by atoms with Crippen LogP contribution in [-0.4, -0.2) is 25.3 Å². The molecule has 1 N–H and O–H groups in total. The maximum absolute atomic E-state index is 12.3. The summed E-state index contributed by atoms with van der Waals surface area (Å²) in [6.45, 7) is 8.35. The van der Waals surface area contributed by atoms with Gasteiger partial charge in [0.1, 0.15) is 0 Å². The predicted molar refractivity (Wildman–Crippen MR) is 126 cm³/mol. The normalized spacial score (nSPS) is 10.8. The zero-order chi connectivity index (χ0) is 22.2. The summed E-state index contributed by atoms with van der Waals surface area (Å²) in [6.07, 6.45) is 1.80. The monoisotopic (exact) mass is 416 g/mol. The molecule has 0 saturated heterocycles. The van der Waals surface area contributed by atoms with Gasteiger partial charge in [0.2, 0.25) is 0 Å². The number of amides is 1. The molecule has 0 radical (unpaired) electrons. The average molecular weight is 417 g/mol. The number of benzene rings is 3. The second-order valence-corrected chi connectivity index (χ2v) is 7.39. The first-order valence-corrected chi connectivity index (χ1v) is 10.3. The van der Waals surface area contributed by atoms with Crippen LogP contribution in [0, 0.1) is 20.8 Å². The standard InChI is InChI=1S/C26H28N2O3/c1-5-30-25-15-21(16-27-23-14-19(3)9-10-20(23)4)11-12-24(25)31-17-26(29)28-22-8-6-7-18(2)13-22/h6-16H,5,17H2,1-4H3,(H,28,29). The number of aryl methyl sites for hydroxylation is 3. The van der Waals surface area contributed by atoms with Crippen molar-refractivity contribution < 1.29 is 14.3 Å². The van der Waals surface area contributed by atoms with E-state index in [4.69, 9.17) is 9.47 Å². The van der Waals surface area contributed by atoms with E-state index in [9.17, 15) is 4.79 Å². The number of ether oxygens (including phenoxy) is 2. The maximum atomic E-state index is 12.3. The van der Waals surface area contributed by atoms with E-state index in [1.807, 2.05) is 64.1 Å². The Morgan fingerprint density at radius 2 is 1.74 bits per heavy atom. The second-order valence-electron chi connectivity index (χ2n) is 7.39. The highest BCUT2D eigenvalue weighted by atomic mass is 16.5. The molecule has 0 spiro atoms. The van der Waals surface area contributed by atoms with Crippen LogP contribution < -0.4 is 14.8 Å². The Morgan fingerprint density at radius 1 is 0.935 bits per heavy atom. The lowest BCUT2D eigenvalue weighted by Gasteiger charge is -2.13. The summed E-state index contributed by atoms with van der Waals surface area (Å²) >= 11 is 0. The second kappa shape index (κ2) is 10.4. The first-order chi connectivity index (χ1) is 14.9. The molecular formula is C26H28N2O3. The van der Waals surface area contributed by atoms with Crippen molar-refractivity contribution in [1.29, 1.82) is 0 Å². The number of hydrogen-bond donors (Lipinski definition) is 1. The lowest BCUT2D eigenvalue weighted by molar-refractivity contribution is -0.118. The third-order valence-corrected chi connectivity index (χ3v) is 4.65. The molecule has 3 rings (SSSR count). The van der Waals surface area contributed by atoms with E-state index in [1.165, 1.54) is 5.56 Å². The topological polar surface area (TPSA) is 59.9 Å². The summed E-state index contributed by atoms with van der Waals surface area (Å²) < 4.78 is 11.4. The Labute approximate surface area is 183 Å². The van der Waals surface area contributed by atoms with E-state index in [0.29, 0.717) is 18.1 Å². The first-order valence-electron chi connectivity index (χ1n) is 10.3. The Balaban J connectivity index is 1.69. The maximum Gasteiger partial charge on any atom is 0.262 e. The highest BCUT2D eigenvalue weighted by Crippen LogP contribution is 2.28. The van der Waals surface area contributed by atoms with Gasteiger partial charge < -0.3 is 14.8 Å². The van der Waals surface area contributed by atoms with Crippen LogP contribution in [0.4, 0.5) is 11.4 Å². The Kier molecular flexibility index (Phi) is 7.44. The van der Waals surface area contributed by atoms with Gasteiger partial charge in [-0.1, -0.05) is 24.3 Å². The Bertz CT molecular complexity index is 1090. The van der Waals surface area contributed by atoms with Crippen molar-refractivity contribution in [2.75, 3.05) is 18.5 Å². The third-order valence-electron chi connectivity index (χ3n) is 4.65. The zero-order valence-corrected chi connectivity index (χ0v) is 18.4. The Morgan fingerprint density at radius 3 is 2.52 bits per heavy atom. The molecule has 0 unspecified atom stereocenters. The van der Waals surface area contributed by atoms with Crippen molar-refractivity contribution in [3.8, 4) is 11.5 Å². The molecule has 0 saturated carbocycles. The van der Waals surface area contributed by atoms with Crippen LogP contribution in [0.3, 0.4) is 0 Å². The lowest BCUT2D eigenvalue weighted by atomic mass is 10.1. The minimum atomic E-state index is -0.228. The number of nitrogens with zero attached hydrogens (tertiary/aromatic N) is 1. The van der Waals surface area contributed by atoms with Gasteiger partial charge in [-0.15, -0.1) is 0 Å². The average Bonchev–Trinajstić information content (AvgIpc) is 2.74. The molecule has 3 aromatic carbocycles. The van der Waals surface area contributed by atoms with Gasteiger partial charge in [-0.05, 0) is 86.3 Å². The van der Waals surface area contributed by atoms with E-state index >= 15 is 0 Å². The van der Waals surface area contributed by atoms with Gasteiger partial charge in [0.15, 0.2) is 18.1 Å². The molecule has 31 heavy (non-hydrogen) atoms. The number of anilines is 1. The molecule has 0 bridgehead atoms. The third kappa shape index (κ3) is 6.44. The minimum Gasteiger partial charge on any atom is -0.490 e. The van der Waals surface area contributed by atoms with Gasteiger partial charge in [-0.25, -0.2) is 0 Å². The molecule has 3 aromatic rings. The van der Waals surface area contributed by atoms with Gasteiger partial charge in [-0.2, -0.15) is 0 Å². The van der Waals surface area contributed by atoms with E-state index < -0.39 is 0 Å². The van der Waals surface area contributed by atoms with Crippen LogP contribution in [-0.2, 0) is 4.79 Å². The summed E-state index contributed by atoms with van der Waals surface area (Å²) in [6, 6.07) is 19.4. The molecule has 160 valence electrons. The number of hydrogen-bond acceptors (Lipinski definition) is 4. The SMILES string of the molecule is CCOc1cc(C=Nc2cc(C)ccc2C)ccc1OCC(=O)Nc1cccc(C)c1. The van der Waals surface area contributed by atoms with Gasteiger partial charge in [0.25, 0.3) is 5.91 Å². The zero-order valence-electron chi connectivity index (χ0n) is 18.4. The van der Waals surface area contributed by atoms with Crippen molar-refractivity contribution in [2.24, 2.45) is 4.99 Å². The predicted octanol–water partition coefficient (Wildman–Crippen LogP) is 5.78. The van der Waals surface area contributed by atoms with Crippen LogP contribution in [0.5, 0.6) is 11.5 Å². The molecule has 0 aliphatic rings. The first kappa shape index (κ1) is 22.1. The van der Waals surface area contributed by atoms with E-state index in [0.717, 1.165) is 28.1 Å².